The molecule has 1 aromatic heterocycles. The molecular weight excluding hydrogens is 259 g/mol. The van der Waals surface area contributed by atoms with Crippen LogP contribution in [0.5, 0.6) is 0 Å². The van der Waals surface area contributed by atoms with Gasteiger partial charge in [0.1, 0.15) is 11.9 Å². The summed E-state index contributed by atoms with van der Waals surface area (Å²) in [7, 11) is 0. The molecule has 2 heterocycles. The summed E-state index contributed by atoms with van der Waals surface area (Å²) in [5.41, 5.74) is 0.222. The highest BCUT2D eigenvalue weighted by Crippen LogP contribution is 2.19. The predicted octanol–water partition coefficient (Wildman–Crippen LogP) is 1.03. The quantitative estimate of drug-likeness (QED) is 0.804. The SMILES string of the molecule is N#Cc1cnc(N2CCN(CC(F)(F)F)CC2)cn1. The Kier molecular flexibility index (Phi) is 3.85. The van der Waals surface area contributed by atoms with Gasteiger partial charge in [-0.1, -0.05) is 0 Å². The summed E-state index contributed by atoms with van der Waals surface area (Å²) in [5, 5.41) is 8.60. The second kappa shape index (κ2) is 5.40. The van der Waals surface area contributed by atoms with Gasteiger partial charge in [-0.15, -0.1) is 0 Å². The van der Waals surface area contributed by atoms with Gasteiger partial charge in [-0.2, -0.15) is 18.4 Å². The van der Waals surface area contributed by atoms with E-state index in [-0.39, 0.29) is 5.69 Å². The number of piperazine rings is 1. The van der Waals surface area contributed by atoms with Crippen LogP contribution < -0.4 is 4.90 Å². The fourth-order valence-electron chi connectivity index (χ4n) is 1.93. The third-order valence-corrected chi connectivity index (χ3v) is 2.85. The Balaban J connectivity index is 1.91. The number of nitrogens with zero attached hydrogens (tertiary/aromatic N) is 5. The van der Waals surface area contributed by atoms with Crippen LogP contribution in [0.3, 0.4) is 0 Å². The summed E-state index contributed by atoms with van der Waals surface area (Å²) in [4.78, 5) is 11.2. The Morgan fingerprint density at radius 3 is 2.32 bits per heavy atom. The van der Waals surface area contributed by atoms with Crippen LogP contribution in [-0.4, -0.2) is 53.8 Å². The van der Waals surface area contributed by atoms with Crippen LogP contribution in [-0.2, 0) is 0 Å². The average molecular weight is 271 g/mol. The van der Waals surface area contributed by atoms with E-state index in [1.54, 1.807) is 0 Å². The number of nitriles is 1. The fraction of sp³-hybridized carbons (Fsp3) is 0.545. The molecule has 0 atom stereocenters. The summed E-state index contributed by atoms with van der Waals surface area (Å²) in [6.45, 7) is 0.732. The average Bonchev–Trinajstić information content (AvgIpc) is 2.38. The Hall–Kier alpha value is -1.88. The zero-order valence-electron chi connectivity index (χ0n) is 10.1. The maximum atomic E-state index is 12.2. The first-order chi connectivity index (χ1) is 8.98. The first-order valence-corrected chi connectivity index (χ1v) is 5.74. The van der Waals surface area contributed by atoms with Crippen LogP contribution in [0.25, 0.3) is 0 Å². The van der Waals surface area contributed by atoms with Gasteiger partial charge in [-0.25, -0.2) is 9.97 Å². The van der Waals surface area contributed by atoms with Crippen LogP contribution in [0.2, 0.25) is 0 Å². The van der Waals surface area contributed by atoms with Gasteiger partial charge in [0.25, 0.3) is 0 Å². The van der Waals surface area contributed by atoms with Crippen molar-refractivity contribution in [2.75, 3.05) is 37.6 Å². The molecule has 1 aliphatic rings. The van der Waals surface area contributed by atoms with Crippen LogP contribution in [0, 0.1) is 11.3 Å². The Morgan fingerprint density at radius 2 is 1.84 bits per heavy atom. The normalized spacial score (nSPS) is 17.3. The Bertz CT molecular complexity index is 457. The smallest absolute Gasteiger partial charge is 0.353 e. The zero-order chi connectivity index (χ0) is 13.9. The molecule has 0 N–H and O–H groups in total. The molecule has 0 spiro atoms. The molecule has 0 bridgehead atoms. The molecule has 1 fully saturated rings. The van der Waals surface area contributed by atoms with E-state index in [0.29, 0.717) is 32.0 Å². The Morgan fingerprint density at radius 1 is 1.16 bits per heavy atom. The van der Waals surface area contributed by atoms with Crippen molar-refractivity contribution in [1.29, 1.82) is 5.26 Å². The van der Waals surface area contributed by atoms with Crippen molar-refractivity contribution in [3.8, 4) is 6.07 Å². The van der Waals surface area contributed by atoms with E-state index in [2.05, 4.69) is 9.97 Å². The van der Waals surface area contributed by atoms with Crippen molar-refractivity contribution < 1.29 is 13.2 Å². The van der Waals surface area contributed by atoms with E-state index in [1.807, 2.05) is 11.0 Å². The van der Waals surface area contributed by atoms with Crippen molar-refractivity contribution in [2.24, 2.45) is 0 Å². The second-order valence-corrected chi connectivity index (χ2v) is 4.25. The number of alkyl halides is 3. The predicted molar refractivity (Wildman–Crippen MR) is 61.5 cm³/mol. The second-order valence-electron chi connectivity index (χ2n) is 4.25. The third kappa shape index (κ3) is 3.79. The largest absolute Gasteiger partial charge is 0.401 e. The molecule has 0 aliphatic carbocycles. The summed E-state index contributed by atoms with van der Waals surface area (Å²) in [6, 6.07) is 1.86. The Labute approximate surface area is 108 Å². The summed E-state index contributed by atoms with van der Waals surface area (Å²) in [5.74, 6) is 0.589. The first kappa shape index (κ1) is 13.5. The van der Waals surface area contributed by atoms with Gasteiger partial charge in [0.2, 0.25) is 0 Å². The number of halogens is 3. The van der Waals surface area contributed by atoms with Gasteiger partial charge in [0, 0.05) is 26.2 Å². The van der Waals surface area contributed by atoms with Crippen LogP contribution in [0.4, 0.5) is 19.0 Å². The molecule has 1 saturated heterocycles. The summed E-state index contributed by atoms with van der Waals surface area (Å²) < 4.78 is 36.7. The molecule has 0 saturated carbocycles. The molecule has 8 heteroatoms. The highest BCUT2D eigenvalue weighted by molar-refractivity contribution is 5.37. The number of aromatic nitrogens is 2. The van der Waals surface area contributed by atoms with Crippen molar-refractivity contribution in [1.82, 2.24) is 14.9 Å². The van der Waals surface area contributed by atoms with Gasteiger partial charge in [0.15, 0.2) is 5.69 Å². The first-order valence-electron chi connectivity index (χ1n) is 5.74. The van der Waals surface area contributed by atoms with E-state index in [4.69, 9.17) is 5.26 Å². The molecule has 2 rings (SSSR count). The topological polar surface area (TPSA) is 56.1 Å². The molecule has 102 valence electrons. The van der Waals surface area contributed by atoms with E-state index < -0.39 is 12.7 Å². The minimum absolute atomic E-state index is 0.222. The van der Waals surface area contributed by atoms with Crippen LogP contribution in [0.1, 0.15) is 5.69 Å². The standard InChI is InChI=1S/C11H12F3N5/c12-11(13,14)8-18-1-3-19(4-2-18)10-7-16-9(5-15)6-17-10/h6-7H,1-4,8H2. The van der Waals surface area contributed by atoms with E-state index >= 15 is 0 Å². The van der Waals surface area contributed by atoms with Gasteiger partial charge in [-0.05, 0) is 0 Å². The van der Waals surface area contributed by atoms with E-state index in [0.717, 1.165) is 0 Å². The van der Waals surface area contributed by atoms with Crippen molar-refractivity contribution in [3.63, 3.8) is 0 Å². The lowest BCUT2D eigenvalue weighted by molar-refractivity contribution is -0.146. The highest BCUT2D eigenvalue weighted by Gasteiger charge is 2.32. The number of anilines is 1. The number of hydrogen-bond donors (Lipinski definition) is 0. The molecule has 1 aromatic rings. The molecule has 5 nitrogen and oxygen atoms in total. The van der Waals surface area contributed by atoms with Crippen LogP contribution in [0.15, 0.2) is 12.4 Å². The van der Waals surface area contributed by atoms with E-state index in [1.165, 1.54) is 17.3 Å². The molecule has 19 heavy (non-hydrogen) atoms. The number of hydrogen-bond acceptors (Lipinski definition) is 5. The van der Waals surface area contributed by atoms with Gasteiger partial charge < -0.3 is 4.90 Å². The van der Waals surface area contributed by atoms with Gasteiger partial charge >= 0.3 is 6.18 Å². The van der Waals surface area contributed by atoms with Crippen molar-refractivity contribution >= 4 is 5.82 Å². The molecular formula is C11H12F3N5. The minimum Gasteiger partial charge on any atom is -0.353 e. The van der Waals surface area contributed by atoms with Crippen molar-refractivity contribution in [3.05, 3.63) is 18.1 Å². The zero-order valence-corrected chi connectivity index (χ0v) is 10.1. The molecule has 0 radical (unpaired) electrons. The fourth-order valence-corrected chi connectivity index (χ4v) is 1.93. The van der Waals surface area contributed by atoms with E-state index in [9.17, 15) is 13.2 Å². The molecule has 1 aliphatic heterocycles. The number of rotatable bonds is 2. The maximum absolute atomic E-state index is 12.2. The van der Waals surface area contributed by atoms with Crippen molar-refractivity contribution in [2.45, 2.75) is 6.18 Å². The van der Waals surface area contributed by atoms with Gasteiger partial charge in [0.05, 0.1) is 18.9 Å². The summed E-state index contributed by atoms with van der Waals surface area (Å²) in [6.07, 6.45) is -1.33. The molecule has 0 aromatic carbocycles. The highest BCUT2D eigenvalue weighted by atomic mass is 19.4. The molecule has 0 unspecified atom stereocenters. The maximum Gasteiger partial charge on any atom is 0.401 e. The minimum atomic E-state index is -4.16. The monoisotopic (exact) mass is 271 g/mol. The molecule has 0 amide bonds. The lowest BCUT2D eigenvalue weighted by atomic mass is 10.3. The van der Waals surface area contributed by atoms with Crippen LogP contribution >= 0.6 is 0 Å². The van der Waals surface area contributed by atoms with Gasteiger partial charge in [-0.3, -0.25) is 4.90 Å². The lowest BCUT2D eigenvalue weighted by Gasteiger charge is -2.35. The third-order valence-electron chi connectivity index (χ3n) is 2.85. The lowest BCUT2D eigenvalue weighted by Crippen LogP contribution is -2.49. The summed E-state index contributed by atoms with van der Waals surface area (Å²) >= 11 is 0.